The summed E-state index contributed by atoms with van der Waals surface area (Å²) in [4.78, 5) is 4.18. The molecule has 2 heterocycles. The lowest BCUT2D eigenvalue weighted by atomic mass is 10.2. The fourth-order valence-electron chi connectivity index (χ4n) is 2.44. The first-order valence-electron chi connectivity index (χ1n) is 6.45. The maximum atomic E-state index is 13.4. The number of nitrogens with two attached hydrogens (primary N) is 1. The molecule has 21 heavy (non-hydrogen) atoms. The smallest absolute Gasteiger partial charge is 0.243 e. The van der Waals surface area contributed by atoms with Crippen molar-refractivity contribution in [2.24, 2.45) is 0 Å². The highest BCUT2D eigenvalue weighted by Gasteiger charge is 2.30. The number of nitrogen functional groups attached to an aromatic ring is 1. The molecule has 0 bridgehead atoms. The van der Waals surface area contributed by atoms with Crippen LogP contribution in [0.4, 0.5) is 10.1 Å². The number of hydrogen-bond donors (Lipinski definition) is 1. The molecule has 6 nitrogen and oxygen atoms in total. The Labute approximate surface area is 122 Å². The third-order valence-corrected chi connectivity index (χ3v) is 5.61. The monoisotopic (exact) mass is 310 g/mol. The van der Waals surface area contributed by atoms with Crippen molar-refractivity contribution >= 4 is 15.7 Å². The standard InChI is InChI=1S/C13H15FN4O2S/c1-9-6-10(14)11(15)7-12(9)21(19,20)18-5-4-17-3-2-16-13(17)8-18/h2-3,6-7H,4-5,8,15H2,1H3. The minimum atomic E-state index is -3.72. The van der Waals surface area contributed by atoms with Crippen molar-refractivity contribution in [3.05, 3.63) is 41.7 Å². The lowest BCUT2D eigenvalue weighted by Gasteiger charge is -2.27. The van der Waals surface area contributed by atoms with Gasteiger partial charge in [-0.25, -0.2) is 17.8 Å². The zero-order valence-corrected chi connectivity index (χ0v) is 12.3. The summed E-state index contributed by atoms with van der Waals surface area (Å²) in [7, 11) is -3.72. The van der Waals surface area contributed by atoms with Gasteiger partial charge in [-0.3, -0.25) is 0 Å². The predicted octanol–water partition coefficient (Wildman–Crippen LogP) is 1.12. The zero-order chi connectivity index (χ0) is 15.2. The van der Waals surface area contributed by atoms with Crippen molar-refractivity contribution in [2.75, 3.05) is 12.3 Å². The van der Waals surface area contributed by atoms with E-state index in [1.54, 1.807) is 13.1 Å². The van der Waals surface area contributed by atoms with Crippen LogP contribution in [0.5, 0.6) is 0 Å². The molecule has 1 aliphatic rings. The van der Waals surface area contributed by atoms with Gasteiger partial charge in [0.05, 0.1) is 17.1 Å². The minimum absolute atomic E-state index is 0.0430. The summed E-state index contributed by atoms with van der Waals surface area (Å²) in [6, 6.07) is 2.33. The van der Waals surface area contributed by atoms with E-state index in [0.29, 0.717) is 24.5 Å². The first-order chi connectivity index (χ1) is 9.89. The Morgan fingerprint density at radius 1 is 1.33 bits per heavy atom. The molecule has 0 radical (unpaired) electrons. The molecule has 8 heteroatoms. The Morgan fingerprint density at radius 3 is 2.86 bits per heavy atom. The molecule has 1 aromatic carbocycles. The molecule has 112 valence electrons. The molecule has 2 N–H and O–H groups in total. The lowest BCUT2D eigenvalue weighted by molar-refractivity contribution is 0.335. The predicted molar refractivity (Wildman–Crippen MR) is 75.4 cm³/mol. The number of hydrogen-bond acceptors (Lipinski definition) is 4. The average Bonchev–Trinajstić information content (AvgIpc) is 2.90. The highest BCUT2D eigenvalue weighted by Crippen LogP contribution is 2.26. The van der Waals surface area contributed by atoms with E-state index in [4.69, 9.17) is 5.73 Å². The molecule has 3 rings (SSSR count). The van der Waals surface area contributed by atoms with Crippen LogP contribution in [-0.4, -0.2) is 28.8 Å². The van der Waals surface area contributed by atoms with E-state index >= 15 is 0 Å². The number of aryl methyl sites for hydroxylation is 1. The second-order valence-corrected chi connectivity index (χ2v) is 6.92. The van der Waals surface area contributed by atoms with Crippen molar-refractivity contribution in [1.82, 2.24) is 13.9 Å². The van der Waals surface area contributed by atoms with Crippen LogP contribution in [0.25, 0.3) is 0 Å². The molecule has 0 saturated heterocycles. The maximum Gasteiger partial charge on any atom is 0.243 e. The molecule has 2 aromatic rings. The first-order valence-corrected chi connectivity index (χ1v) is 7.89. The molecule has 1 aromatic heterocycles. The summed E-state index contributed by atoms with van der Waals surface area (Å²) in [5.41, 5.74) is 5.68. The van der Waals surface area contributed by atoms with Gasteiger partial charge in [0.15, 0.2) is 0 Å². The van der Waals surface area contributed by atoms with Crippen molar-refractivity contribution < 1.29 is 12.8 Å². The molecule has 0 fully saturated rings. The van der Waals surface area contributed by atoms with Crippen molar-refractivity contribution in [2.45, 2.75) is 24.9 Å². The van der Waals surface area contributed by atoms with E-state index in [0.717, 1.165) is 6.07 Å². The Bertz CT molecular complexity index is 800. The van der Waals surface area contributed by atoms with E-state index in [9.17, 15) is 12.8 Å². The first kappa shape index (κ1) is 14.0. The van der Waals surface area contributed by atoms with Gasteiger partial charge >= 0.3 is 0 Å². The van der Waals surface area contributed by atoms with E-state index < -0.39 is 15.8 Å². The normalized spacial score (nSPS) is 15.9. The van der Waals surface area contributed by atoms with Gasteiger partial charge in [0.2, 0.25) is 10.0 Å². The minimum Gasteiger partial charge on any atom is -0.396 e. The number of imidazole rings is 1. The third-order valence-electron chi connectivity index (χ3n) is 3.62. The molecule has 0 atom stereocenters. The van der Waals surface area contributed by atoms with E-state index in [-0.39, 0.29) is 17.1 Å². The highest BCUT2D eigenvalue weighted by atomic mass is 32.2. The molecule has 1 aliphatic heterocycles. The quantitative estimate of drug-likeness (QED) is 0.843. The summed E-state index contributed by atoms with van der Waals surface area (Å²) < 4.78 is 42.1. The molecular weight excluding hydrogens is 295 g/mol. The van der Waals surface area contributed by atoms with Crippen LogP contribution in [0.3, 0.4) is 0 Å². The molecule has 0 aliphatic carbocycles. The maximum absolute atomic E-state index is 13.4. The Kier molecular flexibility index (Phi) is 3.22. The van der Waals surface area contributed by atoms with Gasteiger partial charge in [0.25, 0.3) is 0 Å². The second-order valence-electron chi connectivity index (χ2n) is 5.01. The van der Waals surface area contributed by atoms with Crippen LogP contribution in [0.2, 0.25) is 0 Å². The number of halogens is 1. The van der Waals surface area contributed by atoms with Crippen LogP contribution in [-0.2, 0) is 23.1 Å². The summed E-state index contributed by atoms with van der Waals surface area (Å²) in [5, 5.41) is 0. The van der Waals surface area contributed by atoms with Crippen molar-refractivity contribution in [3.8, 4) is 0 Å². The zero-order valence-electron chi connectivity index (χ0n) is 11.5. The molecule has 0 amide bonds. The Balaban J connectivity index is 2.00. The van der Waals surface area contributed by atoms with Gasteiger partial charge in [0.1, 0.15) is 11.6 Å². The van der Waals surface area contributed by atoms with Crippen molar-refractivity contribution in [3.63, 3.8) is 0 Å². The molecule has 0 spiro atoms. The van der Waals surface area contributed by atoms with Crippen LogP contribution < -0.4 is 5.73 Å². The summed E-state index contributed by atoms with van der Waals surface area (Å²) in [6.07, 6.45) is 3.47. The number of anilines is 1. The van der Waals surface area contributed by atoms with E-state index in [1.165, 1.54) is 10.4 Å². The van der Waals surface area contributed by atoms with Crippen LogP contribution in [0, 0.1) is 12.7 Å². The summed E-state index contributed by atoms with van der Waals surface area (Å²) in [5.74, 6) is 0.0817. The van der Waals surface area contributed by atoms with Crippen molar-refractivity contribution in [1.29, 1.82) is 0 Å². The third kappa shape index (κ3) is 2.30. The largest absolute Gasteiger partial charge is 0.396 e. The number of rotatable bonds is 2. The highest BCUT2D eigenvalue weighted by molar-refractivity contribution is 7.89. The second kappa shape index (κ2) is 4.81. The average molecular weight is 310 g/mol. The summed E-state index contributed by atoms with van der Waals surface area (Å²) in [6.45, 7) is 2.65. The number of sulfonamides is 1. The van der Waals surface area contributed by atoms with Crippen LogP contribution in [0.15, 0.2) is 29.4 Å². The number of fused-ring (bicyclic) bond motifs is 1. The van der Waals surface area contributed by atoms with Gasteiger partial charge in [0, 0.05) is 25.5 Å². The topological polar surface area (TPSA) is 81.2 Å². The van der Waals surface area contributed by atoms with Crippen LogP contribution in [0.1, 0.15) is 11.4 Å². The SMILES string of the molecule is Cc1cc(F)c(N)cc1S(=O)(=O)N1CCn2ccnc2C1. The fourth-order valence-corrected chi connectivity index (χ4v) is 4.07. The molecule has 0 saturated carbocycles. The van der Waals surface area contributed by atoms with Gasteiger partial charge in [-0.1, -0.05) is 0 Å². The molecular formula is C13H15FN4O2S. The Morgan fingerprint density at radius 2 is 2.10 bits per heavy atom. The fraction of sp³-hybridized carbons (Fsp3) is 0.308. The Hall–Kier alpha value is -1.93. The van der Waals surface area contributed by atoms with E-state index in [2.05, 4.69) is 4.98 Å². The summed E-state index contributed by atoms with van der Waals surface area (Å²) >= 11 is 0. The van der Waals surface area contributed by atoms with Gasteiger partial charge in [-0.2, -0.15) is 4.31 Å². The lowest BCUT2D eigenvalue weighted by Crippen LogP contribution is -2.38. The van der Waals surface area contributed by atoms with E-state index in [1.807, 2.05) is 10.8 Å². The van der Waals surface area contributed by atoms with Gasteiger partial charge in [-0.15, -0.1) is 0 Å². The number of nitrogens with zero attached hydrogens (tertiary/aromatic N) is 3. The molecule has 0 unspecified atom stereocenters. The number of benzene rings is 1. The van der Waals surface area contributed by atoms with Crippen LogP contribution >= 0.6 is 0 Å². The van der Waals surface area contributed by atoms with Gasteiger partial charge < -0.3 is 10.3 Å². The number of aromatic nitrogens is 2. The van der Waals surface area contributed by atoms with Gasteiger partial charge in [-0.05, 0) is 24.6 Å².